The summed E-state index contributed by atoms with van der Waals surface area (Å²) in [5.41, 5.74) is 1.08. The van der Waals surface area contributed by atoms with Crippen molar-refractivity contribution in [2.24, 2.45) is 7.05 Å². The first-order valence-corrected chi connectivity index (χ1v) is 5.98. The van der Waals surface area contributed by atoms with E-state index in [0.717, 1.165) is 30.8 Å². The van der Waals surface area contributed by atoms with Crippen LogP contribution in [0.3, 0.4) is 0 Å². The highest BCUT2D eigenvalue weighted by atomic mass is 16.3. The summed E-state index contributed by atoms with van der Waals surface area (Å²) >= 11 is 0. The first-order valence-electron chi connectivity index (χ1n) is 5.98. The van der Waals surface area contributed by atoms with E-state index in [1.807, 2.05) is 36.1 Å². The van der Waals surface area contributed by atoms with E-state index >= 15 is 0 Å². The van der Waals surface area contributed by atoms with Crippen molar-refractivity contribution in [2.75, 3.05) is 0 Å². The second-order valence-corrected chi connectivity index (χ2v) is 4.38. The Morgan fingerprint density at radius 1 is 1.47 bits per heavy atom. The molecule has 0 radical (unpaired) electrons. The van der Waals surface area contributed by atoms with Crippen LogP contribution in [0.2, 0.25) is 0 Å². The number of aryl methyl sites for hydroxylation is 2. The SMILES string of the molecule is CC(CCc1ccco1)NCc1ccn(C)n1. The van der Waals surface area contributed by atoms with Gasteiger partial charge in [0.1, 0.15) is 5.76 Å². The Morgan fingerprint density at radius 2 is 2.35 bits per heavy atom. The van der Waals surface area contributed by atoms with E-state index < -0.39 is 0 Å². The van der Waals surface area contributed by atoms with Crippen molar-refractivity contribution >= 4 is 0 Å². The van der Waals surface area contributed by atoms with Gasteiger partial charge in [0.15, 0.2) is 0 Å². The fraction of sp³-hybridized carbons (Fsp3) is 0.462. The normalized spacial score (nSPS) is 12.8. The van der Waals surface area contributed by atoms with Gasteiger partial charge in [0.05, 0.1) is 12.0 Å². The Kier molecular flexibility index (Phi) is 3.98. The molecule has 4 heteroatoms. The predicted molar refractivity (Wildman–Crippen MR) is 66.5 cm³/mol. The minimum absolute atomic E-state index is 0.460. The molecule has 0 saturated heterocycles. The Hall–Kier alpha value is -1.55. The highest BCUT2D eigenvalue weighted by Crippen LogP contribution is 2.06. The van der Waals surface area contributed by atoms with Crippen LogP contribution < -0.4 is 5.32 Å². The van der Waals surface area contributed by atoms with E-state index in [0.29, 0.717) is 6.04 Å². The fourth-order valence-electron chi connectivity index (χ4n) is 1.75. The third-order valence-corrected chi connectivity index (χ3v) is 2.80. The molecule has 0 aliphatic heterocycles. The molecule has 2 rings (SSSR count). The zero-order valence-electron chi connectivity index (χ0n) is 10.4. The van der Waals surface area contributed by atoms with Crippen molar-refractivity contribution in [2.45, 2.75) is 32.4 Å². The third kappa shape index (κ3) is 3.75. The van der Waals surface area contributed by atoms with Crippen molar-refractivity contribution in [3.8, 4) is 0 Å². The van der Waals surface area contributed by atoms with E-state index in [-0.39, 0.29) is 0 Å². The molecular formula is C13H19N3O. The summed E-state index contributed by atoms with van der Waals surface area (Å²) in [5.74, 6) is 1.05. The van der Waals surface area contributed by atoms with Crippen LogP contribution in [-0.4, -0.2) is 15.8 Å². The van der Waals surface area contributed by atoms with Gasteiger partial charge in [0.25, 0.3) is 0 Å². The smallest absolute Gasteiger partial charge is 0.103 e. The lowest BCUT2D eigenvalue weighted by atomic mass is 10.1. The Labute approximate surface area is 102 Å². The molecule has 17 heavy (non-hydrogen) atoms. The summed E-state index contributed by atoms with van der Waals surface area (Å²) in [5, 5.41) is 7.79. The monoisotopic (exact) mass is 233 g/mol. The quantitative estimate of drug-likeness (QED) is 0.831. The summed E-state index contributed by atoms with van der Waals surface area (Å²) < 4.78 is 7.13. The van der Waals surface area contributed by atoms with Gasteiger partial charge >= 0.3 is 0 Å². The van der Waals surface area contributed by atoms with Gasteiger partial charge in [-0.05, 0) is 31.5 Å². The van der Waals surface area contributed by atoms with Crippen LogP contribution in [0.4, 0.5) is 0 Å². The first-order chi connectivity index (χ1) is 8.24. The number of rotatable bonds is 6. The molecule has 0 amide bonds. The van der Waals surface area contributed by atoms with Crippen LogP contribution in [-0.2, 0) is 20.0 Å². The molecule has 4 nitrogen and oxygen atoms in total. The molecule has 1 unspecified atom stereocenters. The zero-order chi connectivity index (χ0) is 12.1. The van der Waals surface area contributed by atoms with Crippen molar-refractivity contribution in [1.82, 2.24) is 15.1 Å². The second kappa shape index (κ2) is 5.68. The fourth-order valence-corrected chi connectivity index (χ4v) is 1.75. The molecule has 0 saturated carbocycles. The van der Waals surface area contributed by atoms with E-state index in [4.69, 9.17) is 4.42 Å². The summed E-state index contributed by atoms with van der Waals surface area (Å²) in [6, 6.07) is 6.45. The lowest BCUT2D eigenvalue weighted by Gasteiger charge is -2.11. The number of aromatic nitrogens is 2. The van der Waals surface area contributed by atoms with Crippen LogP contribution in [0, 0.1) is 0 Å². The maximum absolute atomic E-state index is 5.31. The molecule has 0 bridgehead atoms. The molecule has 1 atom stereocenters. The van der Waals surface area contributed by atoms with Crippen LogP contribution in [0.1, 0.15) is 24.8 Å². The summed E-state index contributed by atoms with van der Waals surface area (Å²) in [4.78, 5) is 0. The maximum atomic E-state index is 5.31. The molecule has 2 aromatic rings. The Bertz CT molecular complexity index is 433. The molecule has 92 valence electrons. The lowest BCUT2D eigenvalue weighted by molar-refractivity contribution is 0.457. The van der Waals surface area contributed by atoms with Crippen molar-refractivity contribution in [1.29, 1.82) is 0 Å². The number of furan rings is 1. The van der Waals surface area contributed by atoms with E-state index in [2.05, 4.69) is 17.3 Å². The molecule has 0 aliphatic rings. The highest BCUT2D eigenvalue weighted by Gasteiger charge is 2.04. The van der Waals surface area contributed by atoms with Crippen LogP contribution in [0.15, 0.2) is 35.1 Å². The van der Waals surface area contributed by atoms with Crippen LogP contribution >= 0.6 is 0 Å². The number of hydrogen-bond acceptors (Lipinski definition) is 3. The third-order valence-electron chi connectivity index (χ3n) is 2.80. The van der Waals surface area contributed by atoms with E-state index in [1.54, 1.807) is 6.26 Å². The van der Waals surface area contributed by atoms with Crippen molar-refractivity contribution in [3.63, 3.8) is 0 Å². The van der Waals surface area contributed by atoms with Gasteiger partial charge in [-0.1, -0.05) is 0 Å². The molecule has 0 aromatic carbocycles. The maximum Gasteiger partial charge on any atom is 0.103 e. The Morgan fingerprint density at radius 3 is 3.00 bits per heavy atom. The summed E-state index contributed by atoms with van der Waals surface area (Å²) in [6.07, 6.45) is 5.73. The molecule has 0 fully saturated rings. The van der Waals surface area contributed by atoms with Gasteiger partial charge in [0.2, 0.25) is 0 Å². The summed E-state index contributed by atoms with van der Waals surface area (Å²) in [6.45, 7) is 3.01. The average Bonchev–Trinajstić information content (AvgIpc) is 2.95. The van der Waals surface area contributed by atoms with Gasteiger partial charge in [-0.3, -0.25) is 4.68 Å². The highest BCUT2D eigenvalue weighted by molar-refractivity contribution is 5.00. The lowest BCUT2D eigenvalue weighted by Crippen LogP contribution is -2.26. The molecule has 0 spiro atoms. The number of hydrogen-bond donors (Lipinski definition) is 1. The molecular weight excluding hydrogens is 214 g/mol. The van der Waals surface area contributed by atoms with Crippen molar-refractivity contribution < 1.29 is 4.42 Å². The molecule has 2 heterocycles. The zero-order valence-corrected chi connectivity index (χ0v) is 10.4. The minimum Gasteiger partial charge on any atom is -0.469 e. The van der Waals surface area contributed by atoms with Gasteiger partial charge in [-0.25, -0.2) is 0 Å². The Balaban J connectivity index is 1.69. The topological polar surface area (TPSA) is 43.0 Å². The van der Waals surface area contributed by atoms with Gasteiger partial charge in [-0.15, -0.1) is 0 Å². The van der Waals surface area contributed by atoms with Crippen LogP contribution in [0.5, 0.6) is 0 Å². The van der Waals surface area contributed by atoms with E-state index in [1.165, 1.54) is 0 Å². The largest absolute Gasteiger partial charge is 0.469 e. The number of nitrogens with zero attached hydrogens (tertiary/aromatic N) is 2. The van der Waals surface area contributed by atoms with Crippen molar-refractivity contribution in [3.05, 3.63) is 42.1 Å². The molecule has 1 N–H and O–H groups in total. The average molecular weight is 233 g/mol. The second-order valence-electron chi connectivity index (χ2n) is 4.38. The molecule has 0 aliphatic carbocycles. The minimum atomic E-state index is 0.460. The van der Waals surface area contributed by atoms with Gasteiger partial charge < -0.3 is 9.73 Å². The van der Waals surface area contributed by atoms with Gasteiger partial charge in [-0.2, -0.15) is 5.10 Å². The van der Waals surface area contributed by atoms with Gasteiger partial charge in [0, 0.05) is 32.3 Å². The summed E-state index contributed by atoms with van der Waals surface area (Å²) in [7, 11) is 1.93. The van der Waals surface area contributed by atoms with Crippen LogP contribution in [0.25, 0.3) is 0 Å². The molecule has 2 aromatic heterocycles. The first kappa shape index (κ1) is 11.9. The standard InChI is InChI=1S/C13H19N3O/c1-11(5-6-13-4-3-9-17-13)14-10-12-7-8-16(2)15-12/h3-4,7-9,11,14H,5-6,10H2,1-2H3. The number of nitrogens with one attached hydrogen (secondary N) is 1. The van der Waals surface area contributed by atoms with E-state index in [9.17, 15) is 0 Å². The predicted octanol–water partition coefficient (Wildman–Crippen LogP) is 2.12.